The zero-order valence-corrected chi connectivity index (χ0v) is 19.2. The van der Waals surface area contributed by atoms with Crippen molar-refractivity contribution in [2.45, 2.75) is 13.0 Å². The van der Waals surface area contributed by atoms with Crippen molar-refractivity contribution >= 4 is 22.5 Å². The molecule has 0 saturated carbocycles. The number of nitrogens with zero attached hydrogens (tertiary/aromatic N) is 1. The highest BCUT2D eigenvalue weighted by molar-refractivity contribution is 6.01. The maximum absolute atomic E-state index is 12.8. The molecule has 0 bridgehead atoms. The predicted octanol–water partition coefficient (Wildman–Crippen LogP) is 4.44. The molecule has 0 aromatic heterocycles. The number of anilines is 1. The molecule has 1 heterocycles. The molecule has 0 aliphatic carbocycles. The van der Waals surface area contributed by atoms with Gasteiger partial charge in [-0.1, -0.05) is 42.5 Å². The maximum atomic E-state index is 12.8. The van der Waals surface area contributed by atoms with Crippen LogP contribution >= 0.6 is 0 Å². The number of nitrogens with one attached hydrogen (secondary N) is 2. The van der Waals surface area contributed by atoms with Gasteiger partial charge in [-0.05, 0) is 36.1 Å². The molecule has 1 aliphatic rings. The highest BCUT2D eigenvalue weighted by atomic mass is 16.5. The number of benzene rings is 3. The summed E-state index contributed by atoms with van der Waals surface area (Å²) in [5.74, 6) is 1.40. The van der Waals surface area contributed by atoms with Crippen LogP contribution in [0, 0.1) is 0 Å². The van der Waals surface area contributed by atoms with Crippen LogP contribution in [0.15, 0.2) is 60.7 Å². The van der Waals surface area contributed by atoms with Crippen molar-refractivity contribution in [2.24, 2.45) is 0 Å². The second-order valence-corrected chi connectivity index (χ2v) is 7.87. The van der Waals surface area contributed by atoms with Crippen molar-refractivity contribution in [3.8, 4) is 11.5 Å². The van der Waals surface area contributed by atoms with E-state index in [-0.39, 0.29) is 12.1 Å². The number of hydrogen-bond acceptors (Lipinski definition) is 5. The summed E-state index contributed by atoms with van der Waals surface area (Å²) in [5, 5.41) is 8.17. The molecule has 3 aromatic carbocycles. The average molecular weight is 450 g/mol. The Morgan fingerprint density at radius 3 is 2.64 bits per heavy atom. The third-order valence-electron chi connectivity index (χ3n) is 5.85. The highest BCUT2D eigenvalue weighted by Crippen LogP contribution is 2.32. The molecule has 0 radical (unpaired) electrons. The van der Waals surface area contributed by atoms with Gasteiger partial charge in [-0.25, -0.2) is 4.79 Å². The summed E-state index contributed by atoms with van der Waals surface area (Å²) in [5.41, 5.74) is 1.85. The molecule has 1 fully saturated rings. The van der Waals surface area contributed by atoms with Gasteiger partial charge in [0, 0.05) is 25.0 Å². The number of carbonyl (C=O) groups excluding carboxylic acids is 1. The Morgan fingerprint density at radius 2 is 1.85 bits per heavy atom. The highest BCUT2D eigenvalue weighted by Gasteiger charge is 2.24. The molecule has 7 heteroatoms. The molecule has 1 atom stereocenters. The van der Waals surface area contributed by atoms with Crippen molar-refractivity contribution in [3.05, 3.63) is 66.2 Å². The summed E-state index contributed by atoms with van der Waals surface area (Å²) in [7, 11) is 1.64. The summed E-state index contributed by atoms with van der Waals surface area (Å²) < 4.78 is 16.8. The summed E-state index contributed by atoms with van der Waals surface area (Å²) in [4.78, 5) is 15.2. The molecule has 2 N–H and O–H groups in total. The van der Waals surface area contributed by atoms with E-state index < -0.39 is 0 Å². The van der Waals surface area contributed by atoms with Gasteiger partial charge in [-0.15, -0.1) is 0 Å². The summed E-state index contributed by atoms with van der Waals surface area (Å²) in [6, 6.07) is 19.6. The van der Waals surface area contributed by atoms with Crippen molar-refractivity contribution in [3.63, 3.8) is 0 Å². The molecular formula is C26H31N3O4. The zero-order valence-electron chi connectivity index (χ0n) is 19.2. The lowest BCUT2D eigenvalue weighted by Gasteiger charge is -2.35. The fourth-order valence-corrected chi connectivity index (χ4v) is 4.20. The van der Waals surface area contributed by atoms with Crippen LogP contribution in [0.5, 0.6) is 11.5 Å². The number of methoxy groups -OCH3 is 1. The van der Waals surface area contributed by atoms with Crippen LogP contribution < -0.4 is 20.1 Å². The topological polar surface area (TPSA) is 72.1 Å². The fraction of sp³-hybridized carbons (Fsp3) is 0.346. The SMILES string of the molecule is CCOc1ccc([C@@H](CNC(=O)Nc2cccc3ccccc23)N2CCOCC2)cc1OC. The van der Waals surface area contributed by atoms with Gasteiger partial charge >= 0.3 is 6.03 Å². The minimum atomic E-state index is -0.234. The molecule has 2 amide bonds. The van der Waals surface area contributed by atoms with E-state index in [9.17, 15) is 4.79 Å². The van der Waals surface area contributed by atoms with E-state index in [0.717, 1.165) is 35.1 Å². The number of ether oxygens (including phenoxy) is 3. The van der Waals surface area contributed by atoms with Gasteiger partial charge in [0.15, 0.2) is 11.5 Å². The number of urea groups is 1. The Kier molecular flexibility index (Phi) is 7.65. The van der Waals surface area contributed by atoms with Crippen LogP contribution in [0.2, 0.25) is 0 Å². The molecule has 33 heavy (non-hydrogen) atoms. The number of morpholine rings is 1. The minimum Gasteiger partial charge on any atom is -0.493 e. The summed E-state index contributed by atoms with van der Waals surface area (Å²) in [6.07, 6.45) is 0. The van der Waals surface area contributed by atoms with Crippen LogP contribution in [0.3, 0.4) is 0 Å². The summed E-state index contributed by atoms with van der Waals surface area (Å²) in [6.45, 7) is 5.91. The Morgan fingerprint density at radius 1 is 1.06 bits per heavy atom. The molecule has 174 valence electrons. The molecular weight excluding hydrogens is 418 g/mol. The predicted molar refractivity (Wildman–Crippen MR) is 130 cm³/mol. The van der Waals surface area contributed by atoms with E-state index in [4.69, 9.17) is 14.2 Å². The first kappa shape index (κ1) is 22.9. The molecule has 0 spiro atoms. The van der Waals surface area contributed by atoms with E-state index in [1.165, 1.54) is 0 Å². The van der Waals surface area contributed by atoms with E-state index in [2.05, 4.69) is 15.5 Å². The first-order valence-electron chi connectivity index (χ1n) is 11.3. The number of fused-ring (bicyclic) bond motifs is 1. The Hall–Kier alpha value is -3.29. The zero-order chi connectivity index (χ0) is 23.0. The molecule has 4 rings (SSSR count). The minimum absolute atomic E-state index is 0.0169. The van der Waals surface area contributed by atoms with Gasteiger partial charge in [0.2, 0.25) is 0 Å². The monoisotopic (exact) mass is 449 g/mol. The Bertz CT molecular complexity index is 1080. The molecule has 1 saturated heterocycles. The van der Waals surface area contributed by atoms with Crippen LogP contribution in [0.4, 0.5) is 10.5 Å². The third-order valence-corrected chi connectivity index (χ3v) is 5.85. The van der Waals surface area contributed by atoms with Crippen molar-refractivity contribution in [1.82, 2.24) is 10.2 Å². The Balaban J connectivity index is 1.50. The van der Waals surface area contributed by atoms with Gasteiger partial charge in [0.1, 0.15) is 0 Å². The smallest absolute Gasteiger partial charge is 0.319 e. The van der Waals surface area contributed by atoms with Crippen LogP contribution in [0.25, 0.3) is 10.8 Å². The number of carbonyl (C=O) groups is 1. The quantitative estimate of drug-likeness (QED) is 0.532. The fourth-order valence-electron chi connectivity index (χ4n) is 4.20. The number of hydrogen-bond donors (Lipinski definition) is 2. The van der Waals surface area contributed by atoms with E-state index in [1.54, 1.807) is 7.11 Å². The van der Waals surface area contributed by atoms with Crippen LogP contribution in [0.1, 0.15) is 18.5 Å². The van der Waals surface area contributed by atoms with Crippen LogP contribution in [-0.4, -0.2) is 57.5 Å². The van der Waals surface area contributed by atoms with Gasteiger partial charge in [-0.3, -0.25) is 4.90 Å². The second-order valence-electron chi connectivity index (χ2n) is 7.87. The first-order chi connectivity index (χ1) is 16.2. The first-order valence-corrected chi connectivity index (χ1v) is 11.3. The lowest BCUT2D eigenvalue weighted by molar-refractivity contribution is 0.0167. The second kappa shape index (κ2) is 11.0. The molecule has 7 nitrogen and oxygen atoms in total. The number of rotatable bonds is 8. The van der Waals surface area contributed by atoms with E-state index in [1.807, 2.05) is 67.6 Å². The van der Waals surface area contributed by atoms with E-state index in [0.29, 0.717) is 37.9 Å². The Labute approximate surface area is 194 Å². The third kappa shape index (κ3) is 5.56. The van der Waals surface area contributed by atoms with Gasteiger partial charge in [0.05, 0.1) is 38.7 Å². The molecule has 1 aliphatic heterocycles. The molecule has 3 aromatic rings. The van der Waals surface area contributed by atoms with E-state index >= 15 is 0 Å². The lowest BCUT2D eigenvalue weighted by Crippen LogP contribution is -2.44. The average Bonchev–Trinajstić information content (AvgIpc) is 2.86. The number of amides is 2. The van der Waals surface area contributed by atoms with Crippen molar-refractivity contribution in [2.75, 3.05) is 51.9 Å². The van der Waals surface area contributed by atoms with Gasteiger partial charge in [0.25, 0.3) is 0 Å². The standard InChI is InChI=1S/C26H31N3O4/c1-3-33-24-12-11-20(17-25(24)31-2)23(29-13-15-32-16-14-29)18-27-26(30)28-22-10-6-8-19-7-4-5-9-21(19)22/h4-12,17,23H,3,13-16,18H2,1-2H3,(H2,27,28,30)/t23-/m1/s1. The normalized spacial score (nSPS) is 15.1. The van der Waals surface area contributed by atoms with Crippen LogP contribution in [-0.2, 0) is 4.74 Å². The van der Waals surface area contributed by atoms with Crippen molar-refractivity contribution < 1.29 is 19.0 Å². The van der Waals surface area contributed by atoms with Gasteiger partial charge in [-0.2, -0.15) is 0 Å². The lowest BCUT2D eigenvalue weighted by atomic mass is 10.0. The maximum Gasteiger partial charge on any atom is 0.319 e. The largest absolute Gasteiger partial charge is 0.493 e. The van der Waals surface area contributed by atoms with Crippen molar-refractivity contribution in [1.29, 1.82) is 0 Å². The summed E-state index contributed by atoms with van der Waals surface area (Å²) >= 11 is 0. The van der Waals surface area contributed by atoms with Gasteiger partial charge < -0.3 is 24.8 Å². The molecule has 0 unspecified atom stereocenters.